The Morgan fingerprint density at radius 1 is 1.26 bits per heavy atom. The molecule has 7 nitrogen and oxygen atoms in total. The Hall–Kier alpha value is -2.96. The molecule has 7 heteroatoms. The second-order valence-electron chi connectivity index (χ2n) is 5.49. The molecular weight excluding hydrogens is 296 g/mol. The molecule has 1 unspecified atom stereocenters. The van der Waals surface area contributed by atoms with E-state index in [4.69, 9.17) is 5.73 Å². The molecule has 118 valence electrons. The van der Waals surface area contributed by atoms with Gasteiger partial charge in [0, 0.05) is 24.7 Å². The zero-order chi connectivity index (χ0) is 16.4. The number of nitro groups is 1. The molecule has 3 rings (SSSR count). The standard InChI is InChI=1S/C16H16N4O3/c17-16(21)12-8-9-19(10-12)14-7-6-13(20(22)23)15(18-14)11-4-2-1-3-5-11/h1-7,12H,8-10H2,(H2,17,21). The van der Waals surface area contributed by atoms with Gasteiger partial charge in [-0.1, -0.05) is 30.3 Å². The molecular formula is C16H16N4O3. The van der Waals surface area contributed by atoms with Crippen LogP contribution in [0.5, 0.6) is 0 Å². The molecule has 23 heavy (non-hydrogen) atoms. The second-order valence-corrected chi connectivity index (χ2v) is 5.49. The summed E-state index contributed by atoms with van der Waals surface area (Å²) in [6, 6.07) is 12.1. The molecule has 0 aliphatic carbocycles. The number of nitrogens with two attached hydrogens (primary N) is 1. The molecule has 0 spiro atoms. The van der Waals surface area contributed by atoms with E-state index in [9.17, 15) is 14.9 Å². The molecule has 0 saturated carbocycles. The SMILES string of the molecule is NC(=O)C1CCN(c2ccc([N+](=O)[O-])c(-c3ccccc3)n2)C1. The van der Waals surface area contributed by atoms with E-state index in [2.05, 4.69) is 4.98 Å². The Balaban J connectivity index is 1.98. The number of amides is 1. The zero-order valence-electron chi connectivity index (χ0n) is 12.4. The number of hydrogen-bond donors (Lipinski definition) is 1. The van der Waals surface area contributed by atoms with E-state index in [1.807, 2.05) is 23.1 Å². The fourth-order valence-electron chi connectivity index (χ4n) is 2.77. The number of hydrogen-bond acceptors (Lipinski definition) is 5. The first kappa shape index (κ1) is 15.0. The van der Waals surface area contributed by atoms with Crippen molar-refractivity contribution < 1.29 is 9.72 Å². The number of rotatable bonds is 4. The molecule has 1 aromatic carbocycles. The van der Waals surface area contributed by atoms with Gasteiger partial charge in [-0.05, 0) is 12.5 Å². The molecule has 2 heterocycles. The van der Waals surface area contributed by atoms with Crippen LogP contribution in [0.1, 0.15) is 6.42 Å². The average Bonchev–Trinajstić information content (AvgIpc) is 3.05. The highest BCUT2D eigenvalue weighted by Crippen LogP contribution is 2.31. The highest BCUT2D eigenvalue weighted by Gasteiger charge is 2.28. The van der Waals surface area contributed by atoms with Gasteiger partial charge in [0.05, 0.1) is 10.8 Å². The van der Waals surface area contributed by atoms with Gasteiger partial charge < -0.3 is 10.6 Å². The van der Waals surface area contributed by atoms with Gasteiger partial charge in [0.25, 0.3) is 5.69 Å². The zero-order valence-corrected chi connectivity index (χ0v) is 12.4. The molecule has 2 N–H and O–H groups in total. The number of benzene rings is 1. The van der Waals surface area contributed by atoms with Crippen molar-refractivity contribution in [2.24, 2.45) is 11.7 Å². The first-order valence-corrected chi connectivity index (χ1v) is 7.31. The summed E-state index contributed by atoms with van der Waals surface area (Å²) in [6.07, 6.45) is 0.675. The van der Waals surface area contributed by atoms with Crippen LogP contribution >= 0.6 is 0 Å². The monoisotopic (exact) mass is 312 g/mol. The van der Waals surface area contributed by atoms with Crippen molar-refractivity contribution in [1.29, 1.82) is 0 Å². The van der Waals surface area contributed by atoms with Crippen molar-refractivity contribution in [1.82, 2.24) is 4.98 Å². The maximum Gasteiger partial charge on any atom is 0.295 e. The quantitative estimate of drug-likeness (QED) is 0.687. The van der Waals surface area contributed by atoms with Gasteiger partial charge in [0.15, 0.2) is 5.69 Å². The van der Waals surface area contributed by atoms with Crippen LogP contribution in [-0.4, -0.2) is 28.9 Å². The summed E-state index contributed by atoms with van der Waals surface area (Å²) in [5.41, 5.74) is 6.33. The lowest BCUT2D eigenvalue weighted by Gasteiger charge is -2.17. The number of nitrogens with zero attached hydrogens (tertiary/aromatic N) is 3. The largest absolute Gasteiger partial charge is 0.369 e. The van der Waals surface area contributed by atoms with Gasteiger partial charge >= 0.3 is 0 Å². The molecule has 1 amide bonds. The Kier molecular flexibility index (Phi) is 3.92. The minimum Gasteiger partial charge on any atom is -0.369 e. The number of pyridine rings is 1. The van der Waals surface area contributed by atoms with Crippen LogP contribution < -0.4 is 10.6 Å². The molecule has 0 bridgehead atoms. The van der Waals surface area contributed by atoms with Crippen LogP contribution in [0.15, 0.2) is 42.5 Å². The van der Waals surface area contributed by atoms with Gasteiger partial charge in [-0.15, -0.1) is 0 Å². The topological polar surface area (TPSA) is 102 Å². The van der Waals surface area contributed by atoms with Crippen LogP contribution in [0, 0.1) is 16.0 Å². The number of carbonyl (C=O) groups excluding carboxylic acids is 1. The Bertz CT molecular complexity index is 748. The predicted molar refractivity (Wildman–Crippen MR) is 85.8 cm³/mol. The molecule has 0 radical (unpaired) electrons. The lowest BCUT2D eigenvalue weighted by Crippen LogP contribution is -2.27. The highest BCUT2D eigenvalue weighted by atomic mass is 16.6. The van der Waals surface area contributed by atoms with Crippen molar-refractivity contribution >= 4 is 17.4 Å². The highest BCUT2D eigenvalue weighted by molar-refractivity contribution is 5.78. The molecule has 2 aromatic rings. The van der Waals surface area contributed by atoms with E-state index in [1.165, 1.54) is 6.07 Å². The van der Waals surface area contributed by atoms with Gasteiger partial charge in [0.2, 0.25) is 5.91 Å². The van der Waals surface area contributed by atoms with E-state index in [1.54, 1.807) is 18.2 Å². The third-order valence-corrected chi connectivity index (χ3v) is 4.02. The third-order valence-electron chi connectivity index (χ3n) is 4.02. The Labute approximate surface area is 132 Å². The smallest absolute Gasteiger partial charge is 0.295 e. The minimum atomic E-state index is -0.435. The summed E-state index contributed by atoms with van der Waals surface area (Å²) in [6.45, 7) is 1.15. The molecule has 1 fully saturated rings. The van der Waals surface area contributed by atoms with E-state index >= 15 is 0 Å². The molecule has 1 atom stereocenters. The summed E-state index contributed by atoms with van der Waals surface area (Å²) >= 11 is 0. The van der Waals surface area contributed by atoms with Crippen LogP contribution in [0.25, 0.3) is 11.3 Å². The first-order valence-electron chi connectivity index (χ1n) is 7.31. The predicted octanol–water partition coefficient (Wildman–Crippen LogP) is 1.97. The Morgan fingerprint density at radius 3 is 2.61 bits per heavy atom. The average molecular weight is 312 g/mol. The lowest BCUT2D eigenvalue weighted by atomic mass is 10.1. The van der Waals surface area contributed by atoms with Gasteiger partial charge in [-0.25, -0.2) is 4.98 Å². The fourth-order valence-corrected chi connectivity index (χ4v) is 2.77. The van der Waals surface area contributed by atoms with Crippen molar-refractivity contribution in [3.8, 4) is 11.3 Å². The fraction of sp³-hybridized carbons (Fsp3) is 0.250. The van der Waals surface area contributed by atoms with Crippen LogP contribution in [-0.2, 0) is 4.79 Å². The third kappa shape index (κ3) is 2.98. The molecule has 1 aromatic heterocycles. The first-order chi connectivity index (χ1) is 11.1. The number of primary amides is 1. The number of aromatic nitrogens is 1. The maximum atomic E-state index is 11.3. The summed E-state index contributed by atoms with van der Waals surface area (Å²) in [5, 5.41) is 11.3. The normalized spacial score (nSPS) is 17.2. The van der Waals surface area contributed by atoms with E-state index in [0.717, 1.165) is 0 Å². The molecule has 1 saturated heterocycles. The maximum absolute atomic E-state index is 11.3. The lowest BCUT2D eigenvalue weighted by molar-refractivity contribution is -0.384. The van der Waals surface area contributed by atoms with E-state index in [-0.39, 0.29) is 17.5 Å². The minimum absolute atomic E-state index is 0.0365. The van der Waals surface area contributed by atoms with Crippen molar-refractivity contribution in [3.63, 3.8) is 0 Å². The van der Waals surface area contributed by atoms with Crippen molar-refractivity contribution in [2.45, 2.75) is 6.42 Å². The summed E-state index contributed by atoms with van der Waals surface area (Å²) in [4.78, 5) is 28.5. The summed E-state index contributed by atoms with van der Waals surface area (Å²) in [5.74, 6) is 0.100. The van der Waals surface area contributed by atoms with E-state index in [0.29, 0.717) is 36.6 Å². The summed E-state index contributed by atoms with van der Waals surface area (Å²) in [7, 11) is 0. The Morgan fingerprint density at radius 2 is 2.00 bits per heavy atom. The molecule has 1 aliphatic heterocycles. The number of carbonyl (C=O) groups is 1. The van der Waals surface area contributed by atoms with Crippen molar-refractivity contribution in [2.75, 3.05) is 18.0 Å². The molecule has 1 aliphatic rings. The van der Waals surface area contributed by atoms with Gasteiger partial charge in [-0.3, -0.25) is 14.9 Å². The summed E-state index contributed by atoms with van der Waals surface area (Å²) < 4.78 is 0. The van der Waals surface area contributed by atoms with Gasteiger partial charge in [-0.2, -0.15) is 0 Å². The van der Waals surface area contributed by atoms with Crippen LogP contribution in [0.4, 0.5) is 11.5 Å². The van der Waals surface area contributed by atoms with Crippen LogP contribution in [0.3, 0.4) is 0 Å². The number of anilines is 1. The van der Waals surface area contributed by atoms with Crippen LogP contribution in [0.2, 0.25) is 0 Å². The van der Waals surface area contributed by atoms with Gasteiger partial charge in [0.1, 0.15) is 5.82 Å². The van der Waals surface area contributed by atoms with Crippen molar-refractivity contribution in [3.05, 3.63) is 52.6 Å². The van der Waals surface area contributed by atoms with E-state index < -0.39 is 4.92 Å². The second kappa shape index (κ2) is 6.04.